The highest BCUT2D eigenvalue weighted by Crippen LogP contribution is 2.21. The molecule has 0 bridgehead atoms. The van der Waals surface area contributed by atoms with Gasteiger partial charge in [-0.05, 0) is 32.3 Å². The molecular weight excluding hydrogens is 264 g/mol. The number of nitriles is 1. The van der Waals surface area contributed by atoms with E-state index >= 15 is 0 Å². The van der Waals surface area contributed by atoms with Gasteiger partial charge in [0, 0.05) is 6.04 Å². The lowest BCUT2D eigenvalue weighted by Crippen LogP contribution is -2.32. The first kappa shape index (κ1) is 13.7. The van der Waals surface area contributed by atoms with E-state index < -0.39 is 9.84 Å². The Bertz CT molecular complexity index is 620. The lowest BCUT2D eigenvalue weighted by molar-refractivity contribution is 0.558. The van der Waals surface area contributed by atoms with Crippen molar-refractivity contribution in [3.05, 3.63) is 16.8 Å². The molecule has 0 radical (unpaired) electrons. The molecule has 0 atom stereocenters. The van der Waals surface area contributed by atoms with Crippen molar-refractivity contribution < 1.29 is 8.42 Å². The standard InChI is InChI=1S/C12H16N4O2S/c1-8-9(2)15-16-12(11(8)7-13)14-10-3-5-19(17,18)6-4-10/h10H,3-6H2,1-2H3,(H,14,16). The monoisotopic (exact) mass is 280 g/mol. The molecule has 7 heteroatoms. The van der Waals surface area contributed by atoms with Crippen LogP contribution < -0.4 is 5.32 Å². The van der Waals surface area contributed by atoms with E-state index in [1.54, 1.807) is 6.92 Å². The maximum absolute atomic E-state index is 11.4. The molecule has 102 valence electrons. The molecule has 0 amide bonds. The highest BCUT2D eigenvalue weighted by molar-refractivity contribution is 7.91. The van der Waals surface area contributed by atoms with Crippen LogP contribution in [0.25, 0.3) is 0 Å². The van der Waals surface area contributed by atoms with Crippen LogP contribution in [-0.4, -0.2) is 36.2 Å². The van der Waals surface area contributed by atoms with Gasteiger partial charge in [0.25, 0.3) is 0 Å². The molecule has 0 unspecified atom stereocenters. The Morgan fingerprint density at radius 1 is 1.26 bits per heavy atom. The molecule has 1 aromatic rings. The lowest BCUT2D eigenvalue weighted by atomic mass is 10.1. The maximum atomic E-state index is 11.4. The highest BCUT2D eigenvalue weighted by atomic mass is 32.2. The molecule has 0 saturated carbocycles. The predicted octanol–water partition coefficient (Wildman–Crippen LogP) is 0.954. The minimum Gasteiger partial charge on any atom is -0.365 e. The Balaban J connectivity index is 2.17. The second kappa shape index (κ2) is 5.13. The topological polar surface area (TPSA) is 95.7 Å². The molecule has 1 saturated heterocycles. The van der Waals surface area contributed by atoms with Crippen LogP contribution in [-0.2, 0) is 9.84 Å². The van der Waals surface area contributed by atoms with Gasteiger partial charge in [-0.3, -0.25) is 0 Å². The summed E-state index contributed by atoms with van der Waals surface area (Å²) in [4.78, 5) is 0. The van der Waals surface area contributed by atoms with Crippen molar-refractivity contribution in [2.75, 3.05) is 16.8 Å². The summed E-state index contributed by atoms with van der Waals surface area (Å²) in [6.07, 6.45) is 1.09. The number of sulfone groups is 1. The zero-order valence-electron chi connectivity index (χ0n) is 11.0. The van der Waals surface area contributed by atoms with E-state index in [1.165, 1.54) is 0 Å². The molecule has 0 aliphatic carbocycles. The van der Waals surface area contributed by atoms with E-state index in [4.69, 9.17) is 0 Å². The Morgan fingerprint density at radius 2 is 1.89 bits per heavy atom. The quantitative estimate of drug-likeness (QED) is 0.866. The number of aryl methyl sites for hydroxylation is 1. The third-order valence-electron chi connectivity index (χ3n) is 3.46. The molecule has 2 heterocycles. The number of anilines is 1. The number of hydrogen-bond donors (Lipinski definition) is 1. The first-order chi connectivity index (χ1) is 8.93. The average Bonchev–Trinajstić information content (AvgIpc) is 2.37. The normalized spacial score (nSPS) is 18.8. The van der Waals surface area contributed by atoms with Crippen LogP contribution in [0.2, 0.25) is 0 Å². The molecule has 2 rings (SSSR count). The molecule has 1 fully saturated rings. The molecule has 6 nitrogen and oxygen atoms in total. The Hall–Kier alpha value is -1.68. The van der Waals surface area contributed by atoms with Crippen molar-refractivity contribution in [1.82, 2.24) is 10.2 Å². The zero-order valence-corrected chi connectivity index (χ0v) is 11.8. The van der Waals surface area contributed by atoms with E-state index in [2.05, 4.69) is 21.6 Å². The minimum atomic E-state index is -2.88. The molecule has 19 heavy (non-hydrogen) atoms. The third-order valence-corrected chi connectivity index (χ3v) is 5.18. The molecule has 1 aliphatic heterocycles. The SMILES string of the molecule is Cc1nnc(NC2CCS(=O)(=O)CC2)c(C#N)c1C. The van der Waals surface area contributed by atoms with Crippen LogP contribution in [0.4, 0.5) is 5.82 Å². The van der Waals surface area contributed by atoms with Gasteiger partial charge < -0.3 is 5.32 Å². The summed E-state index contributed by atoms with van der Waals surface area (Å²) in [6, 6.07) is 2.16. The van der Waals surface area contributed by atoms with Gasteiger partial charge in [0.2, 0.25) is 0 Å². The molecule has 1 N–H and O–H groups in total. The van der Waals surface area contributed by atoms with Crippen LogP contribution >= 0.6 is 0 Å². The van der Waals surface area contributed by atoms with Gasteiger partial charge in [0.15, 0.2) is 5.82 Å². The van der Waals surface area contributed by atoms with Gasteiger partial charge in [0.05, 0.1) is 17.2 Å². The summed E-state index contributed by atoms with van der Waals surface area (Å²) in [5.41, 5.74) is 2.03. The van der Waals surface area contributed by atoms with Gasteiger partial charge in [-0.1, -0.05) is 0 Å². The van der Waals surface area contributed by atoms with Crippen molar-refractivity contribution in [1.29, 1.82) is 5.26 Å². The van der Waals surface area contributed by atoms with Crippen molar-refractivity contribution in [2.45, 2.75) is 32.7 Å². The predicted molar refractivity (Wildman–Crippen MR) is 71.5 cm³/mol. The van der Waals surface area contributed by atoms with Gasteiger partial charge in [-0.15, -0.1) is 5.10 Å². The number of hydrogen-bond acceptors (Lipinski definition) is 6. The fourth-order valence-electron chi connectivity index (χ4n) is 2.07. The van der Waals surface area contributed by atoms with Crippen molar-refractivity contribution in [3.8, 4) is 6.07 Å². The highest BCUT2D eigenvalue weighted by Gasteiger charge is 2.24. The largest absolute Gasteiger partial charge is 0.365 e. The Labute approximate surface area is 112 Å². The Kier molecular flexibility index (Phi) is 3.71. The number of nitrogens with zero attached hydrogens (tertiary/aromatic N) is 3. The van der Waals surface area contributed by atoms with E-state index in [0.717, 1.165) is 11.3 Å². The second-order valence-corrected chi connectivity index (χ2v) is 7.12. The van der Waals surface area contributed by atoms with Crippen LogP contribution in [0.3, 0.4) is 0 Å². The summed E-state index contributed by atoms with van der Waals surface area (Å²) in [5, 5.41) is 20.3. The van der Waals surface area contributed by atoms with E-state index in [9.17, 15) is 13.7 Å². The van der Waals surface area contributed by atoms with E-state index in [-0.39, 0.29) is 17.5 Å². The van der Waals surface area contributed by atoms with Crippen LogP contribution in [0.1, 0.15) is 29.7 Å². The molecular formula is C12H16N4O2S. The van der Waals surface area contributed by atoms with E-state index in [0.29, 0.717) is 24.2 Å². The van der Waals surface area contributed by atoms with Crippen LogP contribution in [0.15, 0.2) is 0 Å². The minimum absolute atomic E-state index is 0.0343. The maximum Gasteiger partial charge on any atom is 0.167 e. The summed E-state index contributed by atoms with van der Waals surface area (Å²) < 4.78 is 22.7. The summed E-state index contributed by atoms with van der Waals surface area (Å²) in [5.74, 6) is 0.824. The average molecular weight is 280 g/mol. The van der Waals surface area contributed by atoms with Crippen molar-refractivity contribution in [3.63, 3.8) is 0 Å². The number of aromatic nitrogens is 2. The fourth-order valence-corrected chi connectivity index (χ4v) is 3.57. The number of rotatable bonds is 2. The first-order valence-electron chi connectivity index (χ1n) is 6.14. The van der Waals surface area contributed by atoms with Crippen LogP contribution in [0, 0.1) is 25.2 Å². The lowest BCUT2D eigenvalue weighted by Gasteiger charge is -2.24. The zero-order chi connectivity index (χ0) is 14.0. The third kappa shape index (κ3) is 3.01. The van der Waals surface area contributed by atoms with E-state index in [1.807, 2.05) is 6.92 Å². The molecule has 1 aromatic heterocycles. The summed E-state index contributed by atoms with van der Waals surface area (Å²) >= 11 is 0. The molecule has 0 aromatic carbocycles. The second-order valence-electron chi connectivity index (χ2n) is 4.82. The van der Waals surface area contributed by atoms with Crippen molar-refractivity contribution in [2.24, 2.45) is 0 Å². The Morgan fingerprint density at radius 3 is 2.47 bits per heavy atom. The van der Waals surface area contributed by atoms with Crippen molar-refractivity contribution >= 4 is 15.7 Å². The smallest absolute Gasteiger partial charge is 0.167 e. The number of nitrogens with one attached hydrogen (secondary N) is 1. The summed E-state index contributed by atoms with van der Waals surface area (Å²) in [6.45, 7) is 3.64. The fraction of sp³-hybridized carbons (Fsp3) is 0.583. The van der Waals surface area contributed by atoms with Gasteiger partial charge in [-0.25, -0.2) is 8.42 Å². The van der Waals surface area contributed by atoms with Crippen LogP contribution in [0.5, 0.6) is 0 Å². The molecule has 1 aliphatic rings. The summed E-state index contributed by atoms with van der Waals surface area (Å²) in [7, 11) is -2.88. The van der Waals surface area contributed by atoms with Gasteiger partial charge in [0.1, 0.15) is 21.5 Å². The van der Waals surface area contributed by atoms with Gasteiger partial charge >= 0.3 is 0 Å². The first-order valence-corrected chi connectivity index (χ1v) is 7.96. The van der Waals surface area contributed by atoms with Gasteiger partial charge in [-0.2, -0.15) is 10.4 Å². The molecule has 0 spiro atoms.